The second-order valence-corrected chi connectivity index (χ2v) is 7.30. The standard InChI is InChI=1S/C28H30FNO3/c1-6-10-22(16-27(28(31)32)26-17-24(29)14-13-19(26)4)20(5)30-18-21(7-2)23-11-9-12-25(15-23)33-8-3/h7,9-18H,5-6,8H2,1-4H3,(H,31,32)/b21-7+,22-10-,27-16+,30-18?. The Kier molecular flexibility index (Phi) is 9.55. The van der Waals surface area contributed by atoms with Gasteiger partial charge in [-0.25, -0.2) is 9.18 Å². The number of halogens is 1. The zero-order valence-electron chi connectivity index (χ0n) is 19.6. The van der Waals surface area contributed by atoms with Crippen molar-refractivity contribution in [2.24, 2.45) is 4.99 Å². The lowest BCUT2D eigenvalue weighted by Gasteiger charge is -2.10. The van der Waals surface area contributed by atoms with Crippen LogP contribution in [0.5, 0.6) is 5.75 Å². The molecule has 2 aromatic carbocycles. The van der Waals surface area contributed by atoms with Crippen molar-refractivity contribution < 1.29 is 19.0 Å². The molecule has 4 nitrogen and oxygen atoms in total. The van der Waals surface area contributed by atoms with E-state index >= 15 is 0 Å². The van der Waals surface area contributed by atoms with Crippen molar-refractivity contribution in [1.29, 1.82) is 0 Å². The van der Waals surface area contributed by atoms with E-state index in [1.54, 1.807) is 19.2 Å². The van der Waals surface area contributed by atoms with Gasteiger partial charge in [0.25, 0.3) is 0 Å². The fraction of sp³-hybridized carbons (Fsp3) is 0.214. The fourth-order valence-electron chi connectivity index (χ4n) is 3.24. The van der Waals surface area contributed by atoms with Crippen LogP contribution in [0.15, 0.2) is 83.5 Å². The van der Waals surface area contributed by atoms with E-state index < -0.39 is 11.8 Å². The van der Waals surface area contributed by atoms with Crippen LogP contribution in [0.1, 0.15) is 43.9 Å². The lowest BCUT2D eigenvalue weighted by Crippen LogP contribution is -2.03. The number of nitrogens with zero attached hydrogens (tertiary/aromatic N) is 1. The summed E-state index contributed by atoms with van der Waals surface area (Å²) >= 11 is 0. The fourth-order valence-corrected chi connectivity index (χ4v) is 3.24. The zero-order chi connectivity index (χ0) is 24.4. The molecule has 172 valence electrons. The quantitative estimate of drug-likeness (QED) is 0.242. The van der Waals surface area contributed by atoms with Gasteiger partial charge in [-0.2, -0.15) is 0 Å². The number of benzene rings is 2. The molecule has 2 rings (SSSR count). The molecule has 0 saturated carbocycles. The smallest absolute Gasteiger partial charge is 0.336 e. The van der Waals surface area contributed by atoms with Gasteiger partial charge in [0.1, 0.15) is 11.6 Å². The normalized spacial score (nSPS) is 12.8. The van der Waals surface area contributed by atoms with Gasteiger partial charge in [-0.3, -0.25) is 4.99 Å². The number of hydrogen-bond donors (Lipinski definition) is 1. The topological polar surface area (TPSA) is 58.9 Å². The zero-order valence-corrected chi connectivity index (χ0v) is 19.6. The van der Waals surface area contributed by atoms with Crippen molar-refractivity contribution in [2.75, 3.05) is 6.61 Å². The Hall–Kier alpha value is -3.73. The van der Waals surface area contributed by atoms with Crippen molar-refractivity contribution in [3.8, 4) is 5.75 Å². The highest BCUT2D eigenvalue weighted by molar-refractivity contribution is 6.16. The van der Waals surface area contributed by atoms with Gasteiger partial charge in [-0.15, -0.1) is 0 Å². The minimum absolute atomic E-state index is 0.0151. The molecule has 0 radical (unpaired) electrons. The molecule has 0 spiro atoms. The number of allylic oxidation sites excluding steroid dienone is 4. The van der Waals surface area contributed by atoms with Gasteiger partial charge in [0.05, 0.1) is 17.9 Å². The van der Waals surface area contributed by atoms with E-state index in [9.17, 15) is 14.3 Å². The Morgan fingerprint density at radius 1 is 1.21 bits per heavy atom. The van der Waals surface area contributed by atoms with Crippen molar-refractivity contribution in [3.63, 3.8) is 0 Å². The van der Waals surface area contributed by atoms with Crippen molar-refractivity contribution >= 4 is 23.3 Å². The molecule has 0 aliphatic heterocycles. The van der Waals surface area contributed by atoms with E-state index in [0.717, 1.165) is 16.9 Å². The number of carboxylic acids is 1. The van der Waals surface area contributed by atoms with Gasteiger partial charge in [0.2, 0.25) is 0 Å². The predicted molar refractivity (Wildman–Crippen MR) is 134 cm³/mol. The molecule has 5 heteroatoms. The summed E-state index contributed by atoms with van der Waals surface area (Å²) in [5.41, 5.74) is 3.76. The highest BCUT2D eigenvalue weighted by atomic mass is 19.1. The molecule has 0 atom stereocenters. The largest absolute Gasteiger partial charge is 0.494 e. The molecule has 0 amide bonds. The molecule has 33 heavy (non-hydrogen) atoms. The van der Waals surface area contributed by atoms with Crippen molar-refractivity contribution in [2.45, 2.75) is 34.1 Å². The van der Waals surface area contributed by atoms with Gasteiger partial charge >= 0.3 is 5.97 Å². The van der Waals surface area contributed by atoms with Crippen LogP contribution in [0, 0.1) is 12.7 Å². The van der Waals surface area contributed by atoms with Gasteiger partial charge in [0, 0.05) is 6.21 Å². The molecule has 0 aliphatic rings. The Bertz CT molecular complexity index is 1140. The first-order chi connectivity index (χ1) is 15.8. The number of rotatable bonds is 10. The average Bonchev–Trinajstić information content (AvgIpc) is 2.79. The van der Waals surface area contributed by atoms with Gasteiger partial charge in [-0.05, 0) is 85.4 Å². The van der Waals surface area contributed by atoms with Crippen LogP contribution in [0.2, 0.25) is 0 Å². The third kappa shape index (κ3) is 7.14. The van der Waals surface area contributed by atoms with Crippen molar-refractivity contribution in [1.82, 2.24) is 0 Å². The molecule has 0 bridgehead atoms. The summed E-state index contributed by atoms with van der Waals surface area (Å²) in [6.07, 6.45) is 7.63. The number of aliphatic carboxylic acids is 1. The third-order valence-electron chi connectivity index (χ3n) is 4.93. The Morgan fingerprint density at radius 3 is 2.61 bits per heavy atom. The summed E-state index contributed by atoms with van der Waals surface area (Å²) in [4.78, 5) is 16.5. The van der Waals surface area contributed by atoms with Crippen LogP contribution in [-0.2, 0) is 4.79 Å². The van der Waals surface area contributed by atoms with E-state index in [4.69, 9.17) is 4.74 Å². The molecule has 0 saturated heterocycles. The molecule has 1 N–H and O–H groups in total. The number of ether oxygens (including phenoxy) is 1. The molecule has 0 fully saturated rings. The summed E-state index contributed by atoms with van der Waals surface area (Å²) in [5, 5.41) is 9.81. The van der Waals surface area contributed by atoms with E-state index in [0.29, 0.717) is 35.4 Å². The number of aryl methyl sites for hydroxylation is 1. The van der Waals surface area contributed by atoms with E-state index in [-0.39, 0.29) is 5.57 Å². The first-order valence-corrected chi connectivity index (χ1v) is 10.8. The van der Waals surface area contributed by atoms with Crippen LogP contribution in [0.4, 0.5) is 4.39 Å². The Balaban J connectivity index is 2.40. The molecule has 0 heterocycles. The van der Waals surface area contributed by atoms with E-state index in [1.165, 1.54) is 18.2 Å². The van der Waals surface area contributed by atoms with Crippen LogP contribution >= 0.6 is 0 Å². The molecule has 2 aromatic rings. The van der Waals surface area contributed by atoms with E-state index in [2.05, 4.69) is 11.6 Å². The van der Waals surface area contributed by atoms with Gasteiger partial charge in [0.15, 0.2) is 0 Å². The summed E-state index contributed by atoms with van der Waals surface area (Å²) < 4.78 is 19.4. The lowest BCUT2D eigenvalue weighted by molar-refractivity contribution is -0.130. The maximum atomic E-state index is 13.8. The highest BCUT2D eigenvalue weighted by Crippen LogP contribution is 2.25. The third-order valence-corrected chi connectivity index (χ3v) is 4.93. The molecular weight excluding hydrogens is 417 g/mol. The maximum Gasteiger partial charge on any atom is 0.336 e. The molecule has 0 aromatic heterocycles. The Labute approximate surface area is 195 Å². The number of carboxylic acid groups (broad SMARTS) is 1. The number of carbonyl (C=O) groups is 1. The highest BCUT2D eigenvalue weighted by Gasteiger charge is 2.15. The van der Waals surface area contributed by atoms with E-state index in [1.807, 2.05) is 57.2 Å². The van der Waals surface area contributed by atoms with Crippen molar-refractivity contribution in [3.05, 3.63) is 101 Å². The predicted octanol–water partition coefficient (Wildman–Crippen LogP) is 7.03. The van der Waals surface area contributed by atoms with Crippen LogP contribution in [0.3, 0.4) is 0 Å². The van der Waals surface area contributed by atoms with Crippen LogP contribution < -0.4 is 4.74 Å². The lowest BCUT2D eigenvalue weighted by atomic mass is 9.97. The maximum absolute atomic E-state index is 13.8. The number of aliphatic imine (C=N–C) groups is 1. The molecule has 0 unspecified atom stereocenters. The summed E-state index contributed by atoms with van der Waals surface area (Å²) in [6.45, 7) is 12.1. The number of hydrogen-bond acceptors (Lipinski definition) is 3. The average molecular weight is 448 g/mol. The molecular formula is C28H30FNO3. The second-order valence-electron chi connectivity index (χ2n) is 7.30. The minimum Gasteiger partial charge on any atom is -0.494 e. The SMILES string of the molecule is C=C(N=C/C(=C\C)c1cccc(OCC)c1)C(=C\CC)/C=C(/C(=O)O)c1cc(F)ccc1C. The second kappa shape index (κ2) is 12.3. The molecule has 0 aliphatic carbocycles. The summed E-state index contributed by atoms with van der Waals surface area (Å²) in [7, 11) is 0. The Morgan fingerprint density at radius 2 is 1.97 bits per heavy atom. The minimum atomic E-state index is -1.15. The van der Waals surface area contributed by atoms with Crippen LogP contribution in [0.25, 0.3) is 11.1 Å². The summed E-state index contributed by atoms with van der Waals surface area (Å²) in [5.74, 6) is -0.871. The summed E-state index contributed by atoms with van der Waals surface area (Å²) in [6, 6.07) is 11.8. The first kappa shape index (κ1) is 25.5. The van der Waals surface area contributed by atoms with Gasteiger partial charge < -0.3 is 9.84 Å². The monoisotopic (exact) mass is 447 g/mol. The van der Waals surface area contributed by atoms with Gasteiger partial charge in [-0.1, -0.05) is 43.9 Å². The first-order valence-electron chi connectivity index (χ1n) is 10.8. The van der Waals surface area contributed by atoms with Crippen LogP contribution in [-0.4, -0.2) is 23.9 Å².